The van der Waals surface area contributed by atoms with E-state index in [-0.39, 0.29) is 0 Å². The summed E-state index contributed by atoms with van der Waals surface area (Å²) in [5.41, 5.74) is 2.46. The zero-order chi connectivity index (χ0) is 19.9. The summed E-state index contributed by atoms with van der Waals surface area (Å²) in [7, 11) is 0. The number of halogens is 4. The van der Waals surface area contributed by atoms with Crippen molar-refractivity contribution >= 4 is 21.5 Å². The Morgan fingerprint density at radius 2 is 1.36 bits per heavy atom. The third kappa shape index (κ3) is 3.52. The van der Waals surface area contributed by atoms with Gasteiger partial charge in [0.1, 0.15) is 0 Å². The summed E-state index contributed by atoms with van der Waals surface area (Å²) in [6.45, 7) is 2.11. The van der Waals surface area contributed by atoms with Gasteiger partial charge in [0.2, 0.25) is 0 Å². The number of rotatable bonds is 3. The number of benzene rings is 4. The van der Waals surface area contributed by atoms with E-state index in [1.54, 1.807) is 0 Å². The first-order valence-electron chi connectivity index (χ1n) is 8.85. The number of fused-ring (bicyclic) bond motifs is 3. The van der Waals surface area contributed by atoms with Crippen molar-refractivity contribution in [1.29, 1.82) is 0 Å². The lowest BCUT2D eigenvalue weighted by Crippen LogP contribution is -2.17. The van der Waals surface area contributed by atoms with Gasteiger partial charge < -0.3 is 4.74 Å². The monoisotopic (exact) mass is 384 g/mol. The fourth-order valence-corrected chi connectivity index (χ4v) is 3.41. The Balaban J connectivity index is 1.75. The SMILES string of the molecule is CCc1ccc2c(ccc3cc(-c4ccc(OC(F)(F)F)c(F)c4)ccc32)c1. The van der Waals surface area contributed by atoms with Gasteiger partial charge in [0.25, 0.3) is 0 Å². The predicted octanol–water partition coefficient (Wildman–Crippen LogP) is 7.26. The van der Waals surface area contributed by atoms with Gasteiger partial charge in [0, 0.05) is 0 Å². The molecule has 4 rings (SSSR count). The zero-order valence-electron chi connectivity index (χ0n) is 15.0. The molecule has 142 valence electrons. The maximum atomic E-state index is 14.0. The van der Waals surface area contributed by atoms with E-state index in [9.17, 15) is 17.6 Å². The molecule has 0 heterocycles. The van der Waals surface area contributed by atoms with Crippen LogP contribution in [-0.4, -0.2) is 6.36 Å². The Bertz CT molecular complexity index is 1180. The predicted molar refractivity (Wildman–Crippen MR) is 103 cm³/mol. The highest BCUT2D eigenvalue weighted by molar-refractivity contribution is 6.08. The fourth-order valence-electron chi connectivity index (χ4n) is 3.41. The molecule has 0 saturated carbocycles. The minimum atomic E-state index is -4.93. The molecule has 4 aromatic rings. The molecule has 0 amide bonds. The van der Waals surface area contributed by atoms with Gasteiger partial charge in [-0.15, -0.1) is 13.2 Å². The van der Waals surface area contributed by atoms with E-state index < -0.39 is 17.9 Å². The summed E-state index contributed by atoms with van der Waals surface area (Å²) in [6.07, 6.45) is -3.96. The Labute approximate surface area is 159 Å². The van der Waals surface area contributed by atoms with Gasteiger partial charge in [0.05, 0.1) is 0 Å². The quantitative estimate of drug-likeness (QED) is 0.267. The van der Waals surface area contributed by atoms with Crippen molar-refractivity contribution < 1.29 is 22.3 Å². The summed E-state index contributed by atoms with van der Waals surface area (Å²) >= 11 is 0. The van der Waals surface area contributed by atoms with Crippen LogP contribution >= 0.6 is 0 Å². The summed E-state index contributed by atoms with van der Waals surface area (Å²) in [5, 5.41) is 4.33. The smallest absolute Gasteiger partial charge is 0.403 e. The van der Waals surface area contributed by atoms with Crippen molar-refractivity contribution in [1.82, 2.24) is 0 Å². The van der Waals surface area contributed by atoms with E-state index in [1.165, 1.54) is 11.6 Å². The third-order valence-corrected chi connectivity index (χ3v) is 4.80. The van der Waals surface area contributed by atoms with Gasteiger partial charge in [-0.1, -0.05) is 55.5 Å². The van der Waals surface area contributed by atoms with Gasteiger partial charge in [-0.05, 0) is 62.9 Å². The first-order valence-corrected chi connectivity index (χ1v) is 8.85. The average molecular weight is 384 g/mol. The zero-order valence-corrected chi connectivity index (χ0v) is 15.0. The van der Waals surface area contributed by atoms with Crippen LogP contribution in [0.1, 0.15) is 12.5 Å². The standard InChI is InChI=1S/C23H16F4O/c1-2-14-3-8-19-17(11-14)4-5-18-12-15(6-9-20(18)19)16-7-10-22(21(24)13-16)28-23(25,26)27/h3-13H,2H2,1H3. The molecule has 28 heavy (non-hydrogen) atoms. The Morgan fingerprint density at radius 1 is 0.750 bits per heavy atom. The van der Waals surface area contributed by atoms with Crippen molar-refractivity contribution in [3.63, 3.8) is 0 Å². The second-order valence-electron chi connectivity index (χ2n) is 6.60. The van der Waals surface area contributed by atoms with Crippen molar-refractivity contribution in [2.24, 2.45) is 0 Å². The molecule has 0 aliphatic carbocycles. The molecular weight excluding hydrogens is 368 g/mol. The van der Waals surface area contributed by atoms with Crippen molar-refractivity contribution in [3.05, 3.63) is 78.1 Å². The summed E-state index contributed by atoms with van der Waals surface area (Å²) < 4.78 is 54.6. The molecule has 0 aromatic heterocycles. The number of aryl methyl sites for hydroxylation is 1. The Hall–Kier alpha value is -3.08. The third-order valence-electron chi connectivity index (χ3n) is 4.80. The molecule has 0 atom stereocenters. The minimum absolute atomic E-state index is 0.482. The highest BCUT2D eigenvalue weighted by Gasteiger charge is 2.32. The van der Waals surface area contributed by atoms with Crippen LogP contribution in [0.15, 0.2) is 66.7 Å². The highest BCUT2D eigenvalue weighted by atomic mass is 19.4. The molecule has 0 aliphatic rings. The van der Waals surface area contributed by atoms with Crippen LogP contribution in [-0.2, 0) is 6.42 Å². The van der Waals surface area contributed by atoms with Gasteiger partial charge in [-0.3, -0.25) is 0 Å². The van der Waals surface area contributed by atoms with Crippen molar-refractivity contribution in [3.8, 4) is 16.9 Å². The molecule has 0 aliphatic heterocycles. The number of hydrogen-bond donors (Lipinski definition) is 0. The largest absolute Gasteiger partial charge is 0.573 e. The molecule has 5 heteroatoms. The van der Waals surface area contributed by atoms with Crippen LogP contribution in [0.25, 0.3) is 32.7 Å². The van der Waals surface area contributed by atoms with Gasteiger partial charge >= 0.3 is 6.36 Å². The van der Waals surface area contributed by atoms with E-state index in [0.29, 0.717) is 5.56 Å². The Morgan fingerprint density at radius 3 is 2.00 bits per heavy atom. The second-order valence-corrected chi connectivity index (χ2v) is 6.60. The molecule has 0 spiro atoms. The van der Waals surface area contributed by atoms with E-state index in [0.717, 1.165) is 45.7 Å². The first-order chi connectivity index (χ1) is 13.3. The van der Waals surface area contributed by atoms with Gasteiger partial charge in [-0.25, -0.2) is 4.39 Å². The number of alkyl halides is 3. The van der Waals surface area contributed by atoms with Crippen LogP contribution < -0.4 is 4.74 Å². The van der Waals surface area contributed by atoms with Crippen LogP contribution in [0.2, 0.25) is 0 Å². The fraction of sp³-hybridized carbons (Fsp3) is 0.130. The van der Waals surface area contributed by atoms with Crippen LogP contribution in [0.4, 0.5) is 17.6 Å². The molecule has 4 aromatic carbocycles. The molecule has 0 unspecified atom stereocenters. The number of hydrogen-bond acceptors (Lipinski definition) is 1. The van der Waals surface area contributed by atoms with E-state index in [2.05, 4.69) is 29.9 Å². The molecule has 0 fully saturated rings. The second kappa shape index (κ2) is 6.82. The summed E-state index contributed by atoms with van der Waals surface area (Å²) in [5.74, 6) is -1.89. The normalized spacial score (nSPS) is 11.9. The van der Waals surface area contributed by atoms with Crippen LogP contribution in [0.3, 0.4) is 0 Å². The lowest BCUT2D eigenvalue weighted by molar-refractivity contribution is -0.275. The lowest BCUT2D eigenvalue weighted by atomic mass is 9.96. The molecule has 1 nitrogen and oxygen atoms in total. The first kappa shape index (κ1) is 18.3. The van der Waals surface area contributed by atoms with Crippen molar-refractivity contribution in [2.75, 3.05) is 0 Å². The molecular formula is C23H16F4O. The molecule has 0 saturated heterocycles. The topological polar surface area (TPSA) is 9.23 Å². The highest BCUT2D eigenvalue weighted by Crippen LogP contribution is 2.33. The average Bonchev–Trinajstić information content (AvgIpc) is 2.67. The molecule has 0 bridgehead atoms. The van der Waals surface area contributed by atoms with Crippen molar-refractivity contribution in [2.45, 2.75) is 19.7 Å². The Kier molecular flexibility index (Phi) is 4.46. The number of ether oxygens (including phenoxy) is 1. The van der Waals surface area contributed by atoms with Gasteiger partial charge in [0.15, 0.2) is 11.6 Å². The maximum absolute atomic E-state index is 14.0. The van der Waals surface area contributed by atoms with Crippen LogP contribution in [0.5, 0.6) is 5.75 Å². The van der Waals surface area contributed by atoms with Crippen LogP contribution in [0, 0.1) is 5.82 Å². The lowest BCUT2D eigenvalue weighted by Gasteiger charge is -2.11. The minimum Gasteiger partial charge on any atom is -0.403 e. The van der Waals surface area contributed by atoms with E-state index >= 15 is 0 Å². The van der Waals surface area contributed by atoms with E-state index in [4.69, 9.17) is 0 Å². The molecule has 0 radical (unpaired) electrons. The maximum Gasteiger partial charge on any atom is 0.573 e. The van der Waals surface area contributed by atoms with Gasteiger partial charge in [-0.2, -0.15) is 0 Å². The molecule has 0 N–H and O–H groups in total. The van der Waals surface area contributed by atoms with E-state index in [1.807, 2.05) is 30.3 Å². The summed E-state index contributed by atoms with van der Waals surface area (Å²) in [6, 6.07) is 19.6. The summed E-state index contributed by atoms with van der Waals surface area (Å²) in [4.78, 5) is 0.